The molecule has 1 aliphatic heterocycles. The first-order valence-electron chi connectivity index (χ1n) is 6.76. The van der Waals surface area contributed by atoms with E-state index in [-0.39, 0.29) is 5.41 Å². The Morgan fingerprint density at radius 2 is 2.06 bits per heavy atom. The molecule has 0 aromatic carbocycles. The first-order chi connectivity index (χ1) is 8.48. The molecule has 1 fully saturated rings. The summed E-state index contributed by atoms with van der Waals surface area (Å²) in [6, 6.07) is 4.71. The number of rotatable bonds is 2. The minimum atomic E-state index is 0.0660. The van der Waals surface area contributed by atoms with E-state index in [1.807, 2.05) is 0 Å². The molecule has 1 N–H and O–H groups in total. The summed E-state index contributed by atoms with van der Waals surface area (Å²) in [7, 11) is 2.11. The summed E-state index contributed by atoms with van der Waals surface area (Å²) in [5.74, 6) is 0.969. The fraction of sp³-hybridized carbons (Fsp3) is 0.714. The van der Waals surface area contributed by atoms with Crippen molar-refractivity contribution < 1.29 is 0 Å². The van der Waals surface area contributed by atoms with E-state index < -0.39 is 0 Å². The third-order valence-corrected chi connectivity index (χ3v) is 3.60. The summed E-state index contributed by atoms with van der Waals surface area (Å²) in [5.41, 5.74) is 1.11. The number of likely N-dealkylation sites (N-methyl/N-ethyl adjacent to an activating group) is 1. The Kier molecular flexibility index (Phi) is 3.85. The van der Waals surface area contributed by atoms with E-state index in [4.69, 9.17) is 0 Å². The SMILES string of the molecule is CN(c1ccc(C(C)(C)C)nn1)C1CCCNC1. The average Bonchev–Trinajstić information content (AvgIpc) is 2.38. The zero-order valence-electron chi connectivity index (χ0n) is 11.9. The van der Waals surface area contributed by atoms with Crippen LogP contribution in [0.4, 0.5) is 5.82 Å². The molecule has 0 aliphatic carbocycles. The second-order valence-electron chi connectivity index (χ2n) is 6.14. The summed E-state index contributed by atoms with van der Waals surface area (Å²) < 4.78 is 0. The van der Waals surface area contributed by atoms with Crippen molar-refractivity contribution in [3.05, 3.63) is 17.8 Å². The maximum absolute atomic E-state index is 4.37. The van der Waals surface area contributed by atoms with Crippen LogP contribution >= 0.6 is 0 Å². The number of piperidine rings is 1. The lowest BCUT2D eigenvalue weighted by Gasteiger charge is -2.32. The maximum Gasteiger partial charge on any atom is 0.151 e. The van der Waals surface area contributed by atoms with Crippen LogP contribution in [-0.4, -0.2) is 36.4 Å². The highest BCUT2D eigenvalue weighted by molar-refractivity contribution is 5.38. The topological polar surface area (TPSA) is 41.1 Å². The molecule has 0 amide bonds. The molecule has 1 aliphatic rings. The van der Waals surface area contributed by atoms with Gasteiger partial charge in [0.1, 0.15) is 0 Å². The third kappa shape index (κ3) is 2.99. The number of hydrogen-bond acceptors (Lipinski definition) is 4. The van der Waals surface area contributed by atoms with Crippen LogP contribution in [0.2, 0.25) is 0 Å². The van der Waals surface area contributed by atoms with Crippen molar-refractivity contribution in [1.82, 2.24) is 15.5 Å². The Hall–Kier alpha value is -1.16. The fourth-order valence-corrected chi connectivity index (χ4v) is 2.26. The van der Waals surface area contributed by atoms with Crippen LogP contribution in [0.1, 0.15) is 39.3 Å². The van der Waals surface area contributed by atoms with Gasteiger partial charge in [0.15, 0.2) is 5.82 Å². The Labute approximate surface area is 110 Å². The Morgan fingerprint density at radius 3 is 2.56 bits per heavy atom. The molecule has 2 rings (SSSR count). The predicted octanol–water partition coefficient (Wildman–Crippen LogP) is 1.96. The zero-order valence-corrected chi connectivity index (χ0v) is 11.9. The highest BCUT2D eigenvalue weighted by Gasteiger charge is 2.20. The van der Waals surface area contributed by atoms with Crippen LogP contribution in [0.25, 0.3) is 0 Å². The summed E-state index contributed by atoms with van der Waals surface area (Å²) in [6.45, 7) is 8.65. The van der Waals surface area contributed by atoms with Crippen LogP contribution in [0.5, 0.6) is 0 Å². The zero-order chi connectivity index (χ0) is 13.2. The second-order valence-corrected chi connectivity index (χ2v) is 6.14. The fourth-order valence-electron chi connectivity index (χ4n) is 2.26. The van der Waals surface area contributed by atoms with Gasteiger partial charge in [0.05, 0.1) is 5.69 Å². The standard InChI is InChI=1S/C14H24N4/c1-14(2,3)12-7-8-13(17-16-12)18(4)11-6-5-9-15-10-11/h7-8,11,15H,5-6,9-10H2,1-4H3. The van der Waals surface area contributed by atoms with Crippen LogP contribution < -0.4 is 10.2 Å². The third-order valence-electron chi connectivity index (χ3n) is 3.60. The molecule has 1 aromatic heterocycles. The van der Waals surface area contributed by atoms with E-state index in [9.17, 15) is 0 Å². The van der Waals surface area contributed by atoms with Crippen molar-refractivity contribution >= 4 is 5.82 Å². The normalized spacial score (nSPS) is 20.8. The minimum Gasteiger partial charge on any atom is -0.354 e. The van der Waals surface area contributed by atoms with Gasteiger partial charge in [0.25, 0.3) is 0 Å². The first kappa shape index (κ1) is 13.3. The number of nitrogens with zero attached hydrogens (tertiary/aromatic N) is 3. The van der Waals surface area contributed by atoms with Crippen molar-refractivity contribution in [3.8, 4) is 0 Å². The molecule has 0 bridgehead atoms. The molecule has 18 heavy (non-hydrogen) atoms. The van der Waals surface area contributed by atoms with Crippen molar-refractivity contribution in [2.45, 2.75) is 45.1 Å². The van der Waals surface area contributed by atoms with Gasteiger partial charge in [-0.2, -0.15) is 5.10 Å². The van der Waals surface area contributed by atoms with Crippen molar-refractivity contribution in [2.24, 2.45) is 0 Å². The summed E-state index contributed by atoms with van der Waals surface area (Å²) in [5, 5.41) is 12.2. The molecular formula is C14H24N4. The van der Waals surface area contributed by atoms with E-state index in [1.165, 1.54) is 12.8 Å². The van der Waals surface area contributed by atoms with Crippen LogP contribution in [0.15, 0.2) is 12.1 Å². The van der Waals surface area contributed by atoms with Gasteiger partial charge in [0, 0.05) is 25.0 Å². The van der Waals surface area contributed by atoms with E-state index in [0.29, 0.717) is 6.04 Å². The van der Waals surface area contributed by atoms with Gasteiger partial charge in [0.2, 0.25) is 0 Å². The monoisotopic (exact) mass is 248 g/mol. The van der Waals surface area contributed by atoms with E-state index in [0.717, 1.165) is 24.6 Å². The molecule has 4 heteroatoms. The van der Waals surface area contributed by atoms with Crippen molar-refractivity contribution in [2.75, 3.05) is 25.0 Å². The van der Waals surface area contributed by atoms with Gasteiger partial charge in [-0.25, -0.2) is 0 Å². The van der Waals surface area contributed by atoms with Gasteiger partial charge in [-0.1, -0.05) is 20.8 Å². The molecule has 2 heterocycles. The molecule has 1 atom stereocenters. The second kappa shape index (κ2) is 5.22. The summed E-state index contributed by atoms with van der Waals surface area (Å²) in [6.07, 6.45) is 2.47. The molecule has 4 nitrogen and oxygen atoms in total. The largest absolute Gasteiger partial charge is 0.354 e. The van der Waals surface area contributed by atoms with Crippen LogP contribution in [0.3, 0.4) is 0 Å². The van der Waals surface area contributed by atoms with E-state index in [1.54, 1.807) is 0 Å². The number of aromatic nitrogens is 2. The first-order valence-corrected chi connectivity index (χ1v) is 6.76. The Bertz CT molecular complexity index is 374. The lowest BCUT2D eigenvalue weighted by Crippen LogP contribution is -2.44. The quantitative estimate of drug-likeness (QED) is 0.868. The number of nitrogens with one attached hydrogen (secondary N) is 1. The van der Waals surface area contributed by atoms with E-state index in [2.05, 4.69) is 60.4 Å². The Balaban J connectivity index is 2.09. The van der Waals surface area contributed by atoms with E-state index >= 15 is 0 Å². The van der Waals surface area contributed by atoms with Gasteiger partial charge >= 0.3 is 0 Å². The summed E-state index contributed by atoms with van der Waals surface area (Å²) in [4.78, 5) is 2.24. The average molecular weight is 248 g/mol. The number of anilines is 1. The van der Waals surface area contributed by atoms with Gasteiger partial charge in [-0.3, -0.25) is 0 Å². The van der Waals surface area contributed by atoms with Gasteiger partial charge < -0.3 is 10.2 Å². The molecule has 0 spiro atoms. The lowest BCUT2D eigenvalue weighted by atomic mass is 9.92. The molecule has 1 unspecified atom stereocenters. The molecule has 0 saturated carbocycles. The van der Waals surface area contributed by atoms with Crippen LogP contribution in [-0.2, 0) is 5.41 Å². The molecular weight excluding hydrogens is 224 g/mol. The maximum atomic E-state index is 4.37. The van der Waals surface area contributed by atoms with Gasteiger partial charge in [-0.05, 0) is 31.5 Å². The van der Waals surface area contributed by atoms with Crippen molar-refractivity contribution in [1.29, 1.82) is 0 Å². The highest BCUT2D eigenvalue weighted by Crippen LogP contribution is 2.21. The molecule has 1 aromatic rings. The summed E-state index contributed by atoms with van der Waals surface area (Å²) >= 11 is 0. The molecule has 1 saturated heterocycles. The van der Waals surface area contributed by atoms with Crippen LogP contribution in [0, 0.1) is 0 Å². The smallest absolute Gasteiger partial charge is 0.151 e. The predicted molar refractivity (Wildman–Crippen MR) is 75.0 cm³/mol. The minimum absolute atomic E-state index is 0.0660. The number of hydrogen-bond donors (Lipinski definition) is 1. The lowest BCUT2D eigenvalue weighted by molar-refractivity contribution is 0.442. The molecule has 100 valence electrons. The van der Waals surface area contributed by atoms with Gasteiger partial charge in [-0.15, -0.1) is 5.10 Å². The highest BCUT2D eigenvalue weighted by atomic mass is 15.3. The Morgan fingerprint density at radius 1 is 1.28 bits per heavy atom. The molecule has 0 radical (unpaired) electrons. The van der Waals surface area contributed by atoms with Crippen molar-refractivity contribution in [3.63, 3.8) is 0 Å².